The molecule has 30 heavy (non-hydrogen) atoms. The Bertz CT molecular complexity index is 1500. The van der Waals surface area contributed by atoms with E-state index in [4.69, 9.17) is 6.42 Å². The average Bonchev–Trinajstić information content (AvgIpc) is 3.13. The first-order valence-corrected chi connectivity index (χ1v) is 8.77. The van der Waals surface area contributed by atoms with E-state index in [1.54, 1.807) is 0 Å². The molecular weight excluding hydrogens is 413 g/mol. The molecule has 3 heterocycles. The number of aromatic nitrogens is 5. The Morgan fingerprint density at radius 1 is 1.07 bits per heavy atom. The molecule has 148 valence electrons. The summed E-state index contributed by atoms with van der Waals surface area (Å²) in [5.41, 5.74) is -0.855. The van der Waals surface area contributed by atoms with Gasteiger partial charge in [-0.1, -0.05) is 30.3 Å². The van der Waals surface area contributed by atoms with Crippen LogP contribution in [0.15, 0.2) is 44.7 Å². The summed E-state index contributed by atoms with van der Waals surface area (Å²) in [5.74, 6) is 1.96. The van der Waals surface area contributed by atoms with E-state index in [0.29, 0.717) is 0 Å². The molecule has 4 rings (SSSR count). The van der Waals surface area contributed by atoms with Crippen LogP contribution in [0.4, 0.5) is 0 Å². The monoisotopic (exact) mass is 431 g/mol. The Hall–Kier alpha value is -2.42. The molecule has 1 aromatic carbocycles. The summed E-state index contributed by atoms with van der Waals surface area (Å²) in [4.78, 5) is 42.5. The van der Waals surface area contributed by atoms with Crippen molar-refractivity contribution in [3.63, 3.8) is 0 Å². The zero-order valence-corrected chi connectivity index (χ0v) is 15.8. The van der Waals surface area contributed by atoms with Crippen LogP contribution in [0.1, 0.15) is 11.1 Å². The van der Waals surface area contributed by atoms with E-state index in [2.05, 4.69) is 10.9 Å². The third-order valence-corrected chi connectivity index (χ3v) is 4.93. The standard InChI is InChI=1S/C20H17N5O4.K.H/c1-4-8-13-16(26)24(11-12-9-6-5-7-10-12)19-21-15-14(25(19)17(13)27)18(28)23(3)20(29)22(15)2;;/h1,5-7,9-10,27H,8,11H2,2-3H3;;. The van der Waals surface area contributed by atoms with Crippen LogP contribution in [-0.2, 0) is 27.1 Å². The number of hydrogen-bond donors (Lipinski definition) is 1. The fourth-order valence-corrected chi connectivity index (χ4v) is 3.42. The number of fused-ring (bicyclic) bond motifs is 3. The number of aryl methyl sites for hydroxylation is 1. The van der Waals surface area contributed by atoms with Crippen molar-refractivity contribution in [2.24, 2.45) is 14.1 Å². The molecule has 0 aliphatic heterocycles. The minimum atomic E-state index is -0.637. The molecule has 0 aliphatic rings. The summed E-state index contributed by atoms with van der Waals surface area (Å²) < 4.78 is 4.64. The number of terminal acetylenes is 1. The van der Waals surface area contributed by atoms with Gasteiger partial charge in [-0.15, -0.1) is 12.3 Å². The fourth-order valence-electron chi connectivity index (χ4n) is 3.42. The average molecular weight is 431 g/mol. The van der Waals surface area contributed by atoms with Crippen LogP contribution >= 0.6 is 0 Å². The molecule has 1 N–H and O–H groups in total. The van der Waals surface area contributed by atoms with Crippen molar-refractivity contribution < 1.29 is 5.11 Å². The summed E-state index contributed by atoms with van der Waals surface area (Å²) >= 11 is 0. The Balaban J connectivity index is 0.00000256. The van der Waals surface area contributed by atoms with Crippen molar-refractivity contribution in [2.75, 3.05) is 0 Å². The van der Waals surface area contributed by atoms with Crippen LogP contribution in [-0.4, -0.2) is 79.6 Å². The third-order valence-electron chi connectivity index (χ3n) is 4.93. The molecule has 0 fully saturated rings. The van der Waals surface area contributed by atoms with Gasteiger partial charge in [0.05, 0.1) is 12.1 Å². The van der Waals surface area contributed by atoms with Crippen LogP contribution in [0.25, 0.3) is 16.9 Å². The predicted molar refractivity (Wildman–Crippen MR) is 114 cm³/mol. The Morgan fingerprint density at radius 3 is 2.37 bits per heavy atom. The molecule has 0 radical (unpaired) electrons. The molecule has 0 aliphatic carbocycles. The Morgan fingerprint density at radius 2 is 1.73 bits per heavy atom. The third kappa shape index (κ3) is 3.28. The fraction of sp³-hybridized carbons (Fsp3) is 0.200. The molecule has 0 saturated heterocycles. The molecule has 0 spiro atoms. The normalized spacial score (nSPS) is 10.8. The molecule has 0 amide bonds. The molecule has 0 unspecified atom stereocenters. The van der Waals surface area contributed by atoms with Crippen molar-refractivity contribution in [2.45, 2.75) is 13.0 Å². The van der Waals surface area contributed by atoms with Crippen molar-refractivity contribution >= 4 is 68.3 Å². The maximum absolute atomic E-state index is 13.1. The van der Waals surface area contributed by atoms with E-state index >= 15 is 0 Å². The van der Waals surface area contributed by atoms with Gasteiger partial charge in [-0.25, -0.2) is 9.20 Å². The van der Waals surface area contributed by atoms with Gasteiger partial charge in [0, 0.05) is 20.5 Å². The molecule has 10 heteroatoms. The number of aromatic hydroxyl groups is 1. The predicted octanol–water partition coefficient (Wildman–Crippen LogP) is -0.672. The number of benzene rings is 1. The molecular formula is C20H18KN5O4. The topological polar surface area (TPSA) is 104 Å². The van der Waals surface area contributed by atoms with Gasteiger partial charge in [-0.05, 0) is 5.56 Å². The second-order valence-corrected chi connectivity index (χ2v) is 6.69. The summed E-state index contributed by atoms with van der Waals surface area (Å²) in [7, 11) is 2.80. The van der Waals surface area contributed by atoms with Gasteiger partial charge < -0.3 is 5.11 Å². The summed E-state index contributed by atoms with van der Waals surface area (Å²) in [5, 5.41) is 10.8. The van der Waals surface area contributed by atoms with Gasteiger partial charge in [-0.2, -0.15) is 4.98 Å². The Labute approximate surface area is 212 Å². The van der Waals surface area contributed by atoms with Crippen molar-refractivity contribution in [3.05, 3.63) is 72.7 Å². The van der Waals surface area contributed by atoms with Gasteiger partial charge >= 0.3 is 57.1 Å². The van der Waals surface area contributed by atoms with Crippen LogP contribution < -0.4 is 16.8 Å². The van der Waals surface area contributed by atoms with Gasteiger partial charge in [0.2, 0.25) is 11.7 Å². The number of imidazole rings is 1. The van der Waals surface area contributed by atoms with E-state index in [0.717, 1.165) is 10.1 Å². The van der Waals surface area contributed by atoms with E-state index in [1.165, 1.54) is 27.6 Å². The van der Waals surface area contributed by atoms with Gasteiger partial charge in [-0.3, -0.25) is 23.3 Å². The number of nitrogens with zero attached hydrogens (tertiary/aromatic N) is 5. The maximum atomic E-state index is 13.1. The molecule has 9 nitrogen and oxygen atoms in total. The second kappa shape index (κ2) is 8.37. The van der Waals surface area contributed by atoms with E-state index < -0.39 is 22.7 Å². The molecule has 3 aromatic heterocycles. The summed E-state index contributed by atoms with van der Waals surface area (Å²) in [6.07, 6.45) is 5.26. The molecule has 0 bridgehead atoms. The summed E-state index contributed by atoms with van der Waals surface area (Å²) in [6, 6.07) is 9.21. The number of hydrogen-bond acceptors (Lipinski definition) is 5. The molecule has 4 aromatic rings. The first-order chi connectivity index (χ1) is 13.9. The number of rotatable bonds is 3. The van der Waals surface area contributed by atoms with Gasteiger partial charge in [0.1, 0.15) is 0 Å². The first kappa shape index (κ1) is 22.3. The minimum absolute atomic E-state index is 0. The quantitative estimate of drug-likeness (QED) is 0.342. The van der Waals surface area contributed by atoms with Crippen LogP contribution in [0.5, 0.6) is 5.88 Å². The van der Waals surface area contributed by atoms with E-state index in [9.17, 15) is 19.5 Å². The van der Waals surface area contributed by atoms with Crippen molar-refractivity contribution in [3.8, 4) is 18.2 Å². The van der Waals surface area contributed by atoms with E-state index in [1.807, 2.05) is 30.3 Å². The molecule has 0 atom stereocenters. The zero-order chi connectivity index (χ0) is 20.9. The SMILES string of the molecule is C#CCc1c(O)n2c3c(=O)n(C)c(=O)n(C)c3nc2n(Cc2ccccc2)c1=O.[KH]. The van der Waals surface area contributed by atoms with Crippen LogP contribution in [0.3, 0.4) is 0 Å². The van der Waals surface area contributed by atoms with E-state index in [-0.39, 0.29) is 86.9 Å². The summed E-state index contributed by atoms with van der Waals surface area (Å²) in [6.45, 7) is 0.151. The van der Waals surface area contributed by atoms with Crippen LogP contribution in [0.2, 0.25) is 0 Å². The van der Waals surface area contributed by atoms with Crippen molar-refractivity contribution in [1.29, 1.82) is 0 Å². The van der Waals surface area contributed by atoms with Crippen molar-refractivity contribution in [1.82, 2.24) is 23.1 Å². The zero-order valence-electron chi connectivity index (χ0n) is 15.8. The molecule has 0 saturated carbocycles. The van der Waals surface area contributed by atoms with Crippen LogP contribution in [0, 0.1) is 12.3 Å². The second-order valence-electron chi connectivity index (χ2n) is 6.69. The Kier molecular flexibility index (Phi) is 6.21. The first-order valence-electron chi connectivity index (χ1n) is 8.77. The van der Waals surface area contributed by atoms with Gasteiger partial charge in [0.25, 0.3) is 11.1 Å². The van der Waals surface area contributed by atoms with Gasteiger partial charge in [0.15, 0.2) is 11.2 Å².